The van der Waals surface area contributed by atoms with Gasteiger partial charge in [0.15, 0.2) is 0 Å². The number of carbonyl (C=O) groups is 4. The normalized spacial score (nSPS) is 13.1. The minimum atomic E-state index is -0.763. The van der Waals surface area contributed by atoms with Crippen molar-refractivity contribution in [1.82, 2.24) is 0 Å². The highest BCUT2D eigenvalue weighted by atomic mass is 35.5. The largest absolute Gasteiger partial charge is 0.495 e. The lowest BCUT2D eigenvalue weighted by atomic mass is 10.1. The van der Waals surface area contributed by atoms with Crippen LogP contribution in [-0.4, -0.2) is 36.9 Å². The molecule has 0 aliphatic carbocycles. The Bertz CT molecular complexity index is 1520. The van der Waals surface area contributed by atoms with E-state index in [-0.39, 0.29) is 33.6 Å². The van der Waals surface area contributed by atoms with Gasteiger partial charge in [0, 0.05) is 16.3 Å². The van der Waals surface area contributed by atoms with Gasteiger partial charge in [-0.1, -0.05) is 35.3 Å². The molecular formula is C28H23Cl2N3O6. The van der Waals surface area contributed by atoms with E-state index >= 15 is 0 Å². The molecule has 0 unspecified atom stereocenters. The molecule has 0 bridgehead atoms. The maximum absolute atomic E-state index is 13.2. The van der Waals surface area contributed by atoms with Crippen molar-refractivity contribution in [2.45, 2.75) is 20.0 Å². The third kappa shape index (κ3) is 6.05. The Morgan fingerprint density at radius 3 is 2.33 bits per heavy atom. The molecule has 200 valence electrons. The monoisotopic (exact) mass is 567 g/mol. The SMILES string of the molecule is COc1ccc(Cl)cc1NC(=O)c1cccc(NC2=C(Cl)C(=O)N(c3cccc(C(=O)OC(C)C)c3)C2=O)c1. The van der Waals surface area contributed by atoms with Crippen LogP contribution in [0, 0.1) is 0 Å². The van der Waals surface area contributed by atoms with Crippen molar-refractivity contribution in [1.29, 1.82) is 0 Å². The number of nitrogens with one attached hydrogen (secondary N) is 2. The van der Waals surface area contributed by atoms with Crippen LogP contribution < -0.4 is 20.3 Å². The molecule has 0 saturated carbocycles. The van der Waals surface area contributed by atoms with Gasteiger partial charge in [0.2, 0.25) is 0 Å². The van der Waals surface area contributed by atoms with Gasteiger partial charge in [-0.3, -0.25) is 14.4 Å². The fourth-order valence-electron chi connectivity index (χ4n) is 3.75. The van der Waals surface area contributed by atoms with E-state index in [1.807, 2.05) is 0 Å². The summed E-state index contributed by atoms with van der Waals surface area (Å²) in [6.45, 7) is 3.42. The quantitative estimate of drug-likeness (QED) is 0.269. The van der Waals surface area contributed by atoms with Crippen LogP contribution in [0.3, 0.4) is 0 Å². The van der Waals surface area contributed by atoms with Crippen molar-refractivity contribution in [3.8, 4) is 5.75 Å². The molecule has 0 spiro atoms. The van der Waals surface area contributed by atoms with Gasteiger partial charge in [0.25, 0.3) is 17.7 Å². The average molecular weight is 568 g/mol. The van der Waals surface area contributed by atoms with Crippen LogP contribution >= 0.6 is 23.2 Å². The lowest BCUT2D eigenvalue weighted by molar-refractivity contribution is -0.120. The van der Waals surface area contributed by atoms with Crippen LogP contribution in [0.2, 0.25) is 5.02 Å². The Hall–Kier alpha value is -4.34. The van der Waals surface area contributed by atoms with Crippen molar-refractivity contribution in [3.63, 3.8) is 0 Å². The minimum absolute atomic E-state index is 0.154. The number of ether oxygens (including phenoxy) is 2. The number of methoxy groups -OCH3 is 1. The van der Waals surface area contributed by atoms with Crippen molar-refractivity contribution >= 4 is 64.0 Å². The minimum Gasteiger partial charge on any atom is -0.495 e. The molecular weight excluding hydrogens is 545 g/mol. The number of halogens is 2. The summed E-state index contributed by atoms with van der Waals surface area (Å²) >= 11 is 12.3. The van der Waals surface area contributed by atoms with Gasteiger partial charge in [-0.15, -0.1) is 0 Å². The average Bonchev–Trinajstić information content (AvgIpc) is 3.11. The summed E-state index contributed by atoms with van der Waals surface area (Å²) in [4.78, 5) is 52.2. The second-order valence-corrected chi connectivity index (χ2v) is 9.46. The molecule has 0 fully saturated rings. The van der Waals surface area contributed by atoms with E-state index in [1.165, 1.54) is 37.4 Å². The predicted octanol–water partition coefficient (Wildman–Crippen LogP) is 5.60. The van der Waals surface area contributed by atoms with E-state index in [4.69, 9.17) is 32.7 Å². The summed E-state index contributed by atoms with van der Waals surface area (Å²) in [6.07, 6.45) is -0.339. The van der Waals surface area contributed by atoms with Gasteiger partial charge in [-0.25, -0.2) is 9.69 Å². The van der Waals surface area contributed by atoms with Crippen LogP contribution in [0.5, 0.6) is 5.75 Å². The molecule has 1 aliphatic rings. The summed E-state index contributed by atoms with van der Waals surface area (Å²) in [5.41, 5.74) is 1.13. The predicted molar refractivity (Wildman–Crippen MR) is 148 cm³/mol. The molecule has 11 heteroatoms. The molecule has 1 aliphatic heterocycles. The van der Waals surface area contributed by atoms with E-state index in [9.17, 15) is 19.2 Å². The molecule has 0 saturated heterocycles. The van der Waals surface area contributed by atoms with Crippen molar-refractivity contribution in [2.75, 3.05) is 22.6 Å². The van der Waals surface area contributed by atoms with Crippen molar-refractivity contribution in [3.05, 3.63) is 93.6 Å². The molecule has 2 N–H and O–H groups in total. The van der Waals surface area contributed by atoms with Gasteiger partial charge >= 0.3 is 5.97 Å². The Balaban J connectivity index is 1.54. The first kappa shape index (κ1) is 27.7. The van der Waals surface area contributed by atoms with Gasteiger partial charge in [0.05, 0.1) is 30.2 Å². The fraction of sp³-hybridized carbons (Fsp3) is 0.143. The van der Waals surface area contributed by atoms with E-state index in [0.717, 1.165) is 4.90 Å². The molecule has 1 heterocycles. The molecule has 0 aromatic heterocycles. The standard InChI is InChI=1S/C28H23Cl2N3O6/c1-15(2)39-28(37)17-7-5-9-20(13-17)33-26(35)23(30)24(27(33)36)31-19-8-4-6-16(12-19)25(34)32-21-14-18(29)10-11-22(21)38-3/h4-15,31H,1-3H3,(H,32,34). The van der Waals surface area contributed by atoms with Crippen LogP contribution in [0.4, 0.5) is 17.1 Å². The number of hydrogen-bond acceptors (Lipinski definition) is 7. The third-order valence-electron chi connectivity index (χ3n) is 5.51. The first-order valence-corrected chi connectivity index (χ1v) is 12.5. The van der Waals surface area contributed by atoms with Gasteiger partial charge in [0.1, 0.15) is 16.5 Å². The second kappa shape index (κ2) is 11.6. The summed E-state index contributed by atoms with van der Waals surface area (Å²) in [5.74, 6) is -2.11. The summed E-state index contributed by atoms with van der Waals surface area (Å²) in [6, 6.07) is 17.0. The number of imide groups is 1. The lowest BCUT2D eigenvalue weighted by Crippen LogP contribution is -2.32. The number of esters is 1. The number of anilines is 3. The maximum Gasteiger partial charge on any atom is 0.338 e. The second-order valence-electron chi connectivity index (χ2n) is 8.64. The number of amides is 3. The third-order valence-corrected chi connectivity index (χ3v) is 6.10. The Labute approximate surface area is 234 Å². The number of hydrogen-bond donors (Lipinski definition) is 2. The zero-order valence-corrected chi connectivity index (χ0v) is 22.6. The lowest BCUT2D eigenvalue weighted by Gasteiger charge is -2.16. The first-order chi connectivity index (χ1) is 18.6. The molecule has 3 aromatic rings. The Morgan fingerprint density at radius 2 is 1.62 bits per heavy atom. The highest BCUT2D eigenvalue weighted by Gasteiger charge is 2.39. The van der Waals surface area contributed by atoms with Crippen molar-refractivity contribution in [2.24, 2.45) is 0 Å². The first-order valence-electron chi connectivity index (χ1n) is 11.7. The number of carbonyl (C=O) groups excluding carboxylic acids is 4. The fourth-order valence-corrected chi connectivity index (χ4v) is 4.14. The van der Waals surface area contributed by atoms with Gasteiger partial charge in [-0.2, -0.15) is 0 Å². The Kier molecular flexibility index (Phi) is 8.23. The topological polar surface area (TPSA) is 114 Å². The number of nitrogens with zero attached hydrogens (tertiary/aromatic N) is 1. The highest BCUT2D eigenvalue weighted by molar-refractivity contribution is 6.53. The Morgan fingerprint density at radius 1 is 0.897 bits per heavy atom. The van der Waals surface area contributed by atoms with Crippen LogP contribution in [0.15, 0.2) is 77.5 Å². The maximum atomic E-state index is 13.2. The molecule has 3 amide bonds. The van der Waals surface area contributed by atoms with Gasteiger partial charge < -0.3 is 20.1 Å². The zero-order chi connectivity index (χ0) is 28.3. The number of rotatable bonds is 8. The molecule has 4 rings (SSSR count). The molecule has 3 aromatic carbocycles. The summed E-state index contributed by atoms with van der Waals surface area (Å²) in [7, 11) is 1.47. The summed E-state index contributed by atoms with van der Waals surface area (Å²) < 4.78 is 10.5. The number of benzene rings is 3. The molecule has 39 heavy (non-hydrogen) atoms. The molecule has 0 atom stereocenters. The van der Waals surface area contributed by atoms with E-state index in [1.54, 1.807) is 50.2 Å². The van der Waals surface area contributed by atoms with Crippen LogP contribution in [0.1, 0.15) is 34.6 Å². The summed E-state index contributed by atoms with van der Waals surface area (Å²) in [5, 5.41) is 5.66. The van der Waals surface area contributed by atoms with E-state index < -0.39 is 23.7 Å². The highest BCUT2D eigenvalue weighted by Crippen LogP contribution is 2.32. The van der Waals surface area contributed by atoms with Crippen LogP contribution in [-0.2, 0) is 14.3 Å². The van der Waals surface area contributed by atoms with Crippen LogP contribution in [0.25, 0.3) is 0 Å². The molecule has 9 nitrogen and oxygen atoms in total. The smallest absolute Gasteiger partial charge is 0.338 e. The van der Waals surface area contributed by atoms with E-state index in [2.05, 4.69) is 10.6 Å². The van der Waals surface area contributed by atoms with Gasteiger partial charge in [-0.05, 0) is 68.4 Å². The molecule has 0 radical (unpaired) electrons. The van der Waals surface area contributed by atoms with Crippen molar-refractivity contribution < 1.29 is 28.7 Å². The zero-order valence-electron chi connectivity index (χ0n) is 21.1. The van der Waals surface area contributed by atoms with E-state index in [0.29, 0.717) is 22.1 Å².